The smallest absolute Gasteiger partial charge is 0.309 e. The van der Waals surface area contributed by atoms with Crippen LogP contribution in [0.2, 0.25) is 0 Å². The van der Waals surface area contributed by atoms with Crippen LogP contribution >= 0.6 is 12.2 Å². The molecule has 0 unspecified atom stereocenters. The zero-order valence-electron chi connectivity index (χ0n) is 14.5. The molecule has 2 aromatic carbocycles. The fraction of sp³-hybridized carbons (Fsp3) is 0.333. The zero-order chi connectivity index (χ0) is 17.6. The largest absolute Gasteiger partial charge is 0.466 e. The Morgan fingerprint density at radius 1 is 1.04 bits per heavy atom. The molecule has 25 heavy (non-hydrogen) atoms. The molecule has 0 saturated carbocycles. The van der Waals surface area contributed by atoms with Gasteiger partial charge in [0.25, 0.3) is 0 Å². The number of thiocarbonyl (C=S) groups is 1. The molecule has 0 aromatic heterocycles. The predicted molar refractivity (Wildman–Crippen MR) is 105 cm³/mol. The highest BCUT2D eigenvalue weighted by molar-refractivity contribution is 7.80. The topological polar surface area (TPSA) is 29.5 Å². The Balaban J connectivity index is 1.61. The third kappa shape index (κ3) is 4.26. The van der Waals surface area contributed by atoms with Crippen LogP contribution in [0, 0.1) is 5.92 Å². The molecule has 1 heterocycles. The fourth-order valence-electron chi connectivity index (χ4n) is 3.20. The van der Waals surface area contributed by atoms with Crippen molar-refractivity contribution in [2.24, 2.45) is 5.92 Å². The molecular formula is C21H23NO2S. The van der Waals surface area contributed by atoms with Gasteiger partial charge in [0, 0.05) is 18.7 Å². The van der Waals surface area contributed by atoms with Crippen LogP contribution in [-0.4, -0.2) is 35.6 Å². The molecule has 1 aliphatic heterocycles. The minimum absolute atomic E-state index is 0.0134. The summed E-state index contributed by atoms with van der Waals surface area (Å²) in [6, 6.07) is 18.7. The van der Waals surface area contributed by atoms with Crippen LogP contribution in [0.5, 0.6) is 0 Å². The normalized spacial score (nSPS) is 15.0. The number of rotatable bonds is 4. The summed E-state index contributed by atoms with van der Waals surface area (Å²) >= 11 is 5.67. The van der Waals surface area contributed by atoms with E-state index in [1.54, 1.807) is 0 Å². The van der Waals surface area contributed by atoms with Gasteiger partial charge >= 0.3 is 5.97 Å². The summed E-state index contributed by atoms with van der Waals surface area (Å²) in [7, 11) is 0. The van der Waals surface area contributed by atoms with Gasteiger partial charge in [-0.05, 0) is 30.9 Å². The van der Waals surface area contributed by atoms with Crippen molar-refractivity contribution in [2.45, 2.75) is 19.8 Å². The number of nitrogens with zero attached hydrogens (tertiary/aromatic N) is 1. The minimum atomic E-state index is -0.0692. The molecule has 0 atom stereocenters. The van der Waals surface area contributed by atoms with Crippen molar-refractivity contribution < 1.29 is 9.53 Å². The first kappa shape index (κ1) is 17.6. The number of ether oxygens (including phenoxy) is 1. The lowest BCUT2D eigenvalue weighted by molar-refractivity contribution is -0.149. The van der Waals surface area contributed by atoms with E-state index in [0.29, 0.717) is 6.61 Å². The first-order valence-electron chi connectivity index (χ1n) is 8.80. The summed E-state index contributed by atoms with van der Waals surface area (Å²) < 4.78 is 5.13. The number of piperidine rings is 1. The number of hydrogen-bond acceptors (Lipinski definition) is 3. The number of carbonyl (C=O) groups excluding carboxylic acids is 1. The Bertz CT molecular complexity index is 719. The second kappa shape index (κ2) is 8.26. The van der Waals surface area contributed by atoms with Gasteiger partial charge in [-0.3, -0.25) is 4.79 Å². The first-order chi connectivity index (χ1) is 12.2. The maximum Gasteiger partial charge on any atom is 0.309 e. The average Bonchev–Trinajstić information content (AvgIpc) is 2.68. The molecule has 1 fully saturated rings. The summed E-state index contributed by atoms with van der Waals surface area (Å²) in [6.45, 7) is 3.91. The molecule has 0 N–H and O–H groups in total. The van der Waals surface area contributed by atoms with E-state index in [4.69, 9.17) is 17.0 Å². The molecule has 0 aliphatic carbocycles. The van der Waals surface area contributed by atoms with Gasteiger partial charge < -0.3 is 9.64 Å². The molecule has 1 saturated heterocycles. The molecule has 2 aromatic rings. The zero-order valence-corrected chi connectivity index (χ0v) is 15.3. The maximum absolute atomic E-state index is 11.8. The third-order valence-corrected chi connectivity index (χ3v) is 5.13. The summed E-state index contributed by atoms with van der Waals surface area (Å²) in [5.41, 5.74) is 3.45. The molecular weight excluding hydrogens is 330 g/mol. The van der Waals surface area contributed by atoms with Crippen molar-refractivity contribution in [1.29, 1.82) is 0 Å². The van der Waals surface area contributed by atoms with Gasteiger partial charge in [0.05, 0.1) is 12.5 Å². The number of carbonyl (C=O) groups is 1. The number of likely N-dealkylation sites (tertiary alicyclic amines) is 1. The van der Waals surface area contributed by atoms with E-state index in [1.165, 1.54) is 11.1 Å². The molecule has 4 heteroatoms. The summed E-state index contributed by atoms with van der Waals surface area (Å²) in [5.74, 6) is -0.0558. The van der Waals surface area contributed by atoms with Crippen LogP contribution in [0.1, 0.15) is 25.3 Å². The molecule has 0 radical (unpaired) electrons. The van der Waals surface area contributed by atoms with Crippen molar-refractivity contribution in [3.8, 4) is 11.1 Å². The van der Waals surface area contributed by atoms with Gasteiger partial charge in [-0.15, -0.1) is 0 Å². The van der Waals surface area contributed by atoms with Gasteiger partial charge in [-0.1, -0.05) is 66.8 Å². The predicted octanol–water partition coefficient (Wildman–Crippen LogP) is 4.30. The number of hydrogen-bond donors (Lipinski definition) is 0. The molecule has 3 rings (SSSR count). The average molecular weight is 353 g/mol. The lowest BCUT2D eigenvalue weighted by atomic mass is 9.96. The Morgan fingerprint density at radius 3 is 2.24 bits per heavy atom. The summed E-state index contributed by atoms with van der Waals surface area (Å²) in [5, 5.41) is 0. The molecule has 0 amide bonds. The number of esters is 1. The first-order valence-corrected chi connectivity index (χ1v) is 9.21. The van der Waals surface area contributed by atoms with Crippen LogP contribution < -0.4 is 0 Å². The van der Waals surface area contributed by atoms with E-state index in [1.807, 2.05) is 25.1 Å². The van der Waals surface area contributed by atoms with Crippen LogP contribution in [0.25, 0.3) is 11.1 Å². The Morgan fingerprint density at radius 2 is 1.64 bits per heavy atom. The van der Waals surface area contributed by atoms with Crippen LogP contribution in [0.4, 0.5) is 0 Å². The lowest BCUT2D eigenvalue weighted by Gasteiger charge is -2.32. The highest BCUT2D eigenvalue weighted by Gasteiger charge is 2.27. The molecule has 130 valence electrons. The lowest BCUT2D eigenvalue weighted by Crippen LogP contribution is -2.40. The third-order valence-electron chi connectivity index (χ3n) is 4.64. The SMILES string of the molecule is CCOC(=O)C1CCN(C(=S)c2ccc(-c3ccccc3)cc2)CC1. The van der Waals surface area contributed by atoms with E-state index in [9.17, 15) is 4.79 Å². The van der Waals surface area contributed by atoms with Crippen molar-refractivity contribution in [3.05, 3.63) is 60.2 Å². The highest BCUT2D eigenvalue weighted by atomic mass is 32.1. The fourth-order valence-corrected chi connectivity index (χ4v) is 3.52. The Kier molecular flexibility index (Phi) is 5.82. The second-order valence-corrected chi connectivity index (χ2v) is 6.65. The highest BCUT2D eigenvalue weighted by Crippen LogP contribution is 2.23. The van der Waals surface area contributed by atoms with Crippen molar-refractivity contribution in [2.75, 3.05) is 19.7 Å². The standard InChI is InChI=1S/C21H23NO2S/c1-2-24-21(23)19-12-14-22(15-13-19)20(25)18-10-8-17(9-11-18)16-6-4-3-5-7-16/h3-11,19H,2,12-15H2,1H3. The van der Waals surface area contributed by atoms with E-state index < -0.39 is 0 Å². The van der Waals surface area contributed by atoms with Crippen LogP contribution in [0.3, 0.4) is 0 Å². The van der Waals surface area contributed by atoms with E-state index in [2.05, 4.69) is 41.3 Å². The van der Waals surface area contributed by atoms with Gasteiger partial charge in [0.15, 0.2) is 0 Å². The van der Waals surface area contributed by atoms with Gasteiger partial charge in [0.1, 0.15) is 4.99 Å². The molecule has 3 nitrogen and oxygen atoms in total. The maximum atomic E-state index is 11.8. The van der Waals surface area contributed by atoms with Gasteiger partial charge in [0.2, 0.25) is 0 Å². The molecule has 0 bridgehead atoms. The van der Waals surface area contributed by atoms with Gasteiger partial charge in [-0.2, -0.15) is 0 Å². The van der Waals surface area contributed by atoms with Crippen molar-refractivity contribution in [1.82, 2.24) is 4.90 Å². The van der Waals surface area contributed by atoms with Crippen molar-refractivity contribution >= 4 is 23.2 Å². The van der Waals surface area contributed by atoms with Gasteiger partial charge in [-0.25, -0.2) is 0 Å². The molecule has 1 aliphatic rings. The Hall–Kier alpha value is -2.20. The van der Waals surface area contributed by atoms with E-state index in [-0.39, 0.29) is 11.9 Å². The molecule has 0 spiro atoms. The van der Waals surface area contributed by atoms with Crippen molar-refractivity contribution in [3.63, 3.8) is 0 Å². The minimum Gasteiger partial charge on any atom is -0.466 e. The Labute approximate surface area is 154 Å². The second-order valence-electron chi connectivity index (χ2n) is 6.26. The quantitative estimate of drug-likeness (QED) is 0.605. The van der Waals surface area contributed by atoms with Crippen LogP contribution in [-0.2, 0) is 9.53 Å². The van der Waals surface area contributed by atoms with E-state index >= 15 is 0 Å². The van der Waals surface area contributed by atoms with E-state index in [0.717, 1.165) is 36.5 Å². The monoisotopic (exact) mass is 353 g/mol. The van der Waals surface area contributed by atoms with Crippen LogP contribution in [0.15, 0.2) is 54.6 Å². The number of benzene rings is 2. The summed E-state index contributed by atoms with van der Waals surface area (Å²) in [4.78, 5) is 14.9. The summed E-state index contributed by atoms with van der Waals surface area (Å²) in [6.07, 6.45) is 1.61.